The third-order valence-corrected chi connectivity index (χ3v) is 6.14. The summed E-state index contributed by atoms with van der Waals surface area (Å²) in [5, 5.41) is 1.29. The highest BCUT2D eigenvalue weighted by Gasteiger charge is 2.26. The Balaban J connectivity index is 0.00000104. The van der Waals surface area contributed by atoms with Gasteiger partial charge in [-0.1, -0.05) is 56.3 Å². The fourth-order valence-electron chi connectivity index (χ4n) is 4.58. The maximum absolute atomic E-state index is 12.1. The topological polar surface area (TPSA) is 32.9 Å². The number of Topliss-reactive ketones (excluding diaryl/α,β-unsaturated/α-hetero) is 1. The fraction of sp³-hybridized carbons (Fsp3) is 0.370. The molecule has 1 aromatic heterocycles. The van der Waals surface area contributed by atoms with Crippen LogP contribution in [0.25, 0.3) is 22.2 Å². The number of fused-ring (bicyclic) bond motifs is 1. The second kappa shape index (κ2) is 9.73. The van der Waals surface area contributed by atoms with Gasteiger partial charge in [0.15, 0.2) is 0 Å². The number of H-pyrrole nitrogens is 1. The highest BCUT2D eigenvalue weighted by molar-refractivity contribution is 5.90. The van der Waals surface area contributed by atoms with Crippen LogP contribution >= 0.6 is 0 Å². The maximum atomic E-state index is 12.1. The van der Waals surface area contributed by atoms with Crippen LogP contribution in [0.2, 0.25) is 0 Å². The van der Waals surface area contributed by atoms with Gasteiger partial charge in [0, 0.05) is 30.4 Å². The largest absolute Gasteiger partial charge is 0.354 e. The van der Waals surface area contributed by atoms with E-state index in [-0.39, 0.29) is 7.34 Å². The summed E-state index contributed by atoms with van der Waals surface area (Å²) in [7, 11) is 0. The molecule has 2 aromatic carbocycles. The molecule has 1 fully saturated rings. The number of benzene rings is 2. The Hall–Kier alpha value is -2.61. The molecule has 4 rings (SSSR count). The van der Waals surface area contributed by atoms with Crippen LogP contribution in [0.4, 0.5) is 0 Å². The Labute approximate surface area is 176 Å². The zero-order valence-electron chi connectivity index (χ0n) is 18.0. The van der Waals surface area contributed by atoms with E-state index in [0.717, 1.165) is 25.7 Å². The van der Waals surface area contributed by atoms with E-state index in [9.17, 15) is 4.79 Å². The highest BCUT2D eigenvalue weighted by atomic mass is 16.1. The summed E-state index contributed by atoms with van der Waals surface area (Å²) in [4.78, 5) is 15.7. The standard InChI is InChI=1S/C25H27NO.C2H6.H2/c1-3-7-24(27)19-14-12-18(13-15-19)20-8-6-9-21(16-20)25-17(2)22-10-4-5-11-23(22)26-25;1-2;/h3-6,8-11,16,18-19,26H,1,7,12-15H2,2H3;1-2H3;1H. The molecule has 2 heteroatoms. The Morgan fingerprint density at radius 2 is 1.83 bits per heavy atom. The van der Waals surface area contributed by atoms with E-state index in [2.05, 4.69) is 67.0 Å². The van der Waals surface area contributed by atoms with Crippen LogP contribution in [0.1, 0.15) is 64.4 Å². The molecular weight excluding hydrogens is 354 g/mol. The van der Waals surface area contributed by atoms with Crippen molar-refractivity contribution in [1.82, 2.24) is 4.98 Å². The van der Waals surface area contributed by atoms with Gasteiger partial charge in [-0.3, -0.25) is 4.79 Å². The van der Waals surface area contributed by atoms with Gasteiger partial charge in [0.05, 0.1) is 0 Å². The van der Waals surface area contributed by atoms with Gasteiger partial charge in [0.25, 0.3) is 0 Å². The van der Waals surface area contributed by atoms with Crippen LogP contribution in [0.15, 0.2) is 61.2 Å². The van der Waals surface area contributed by atoms with Crippen molar-refractivity contribution in [3.63, 3.8) is 0 Å². The molecule has 29 heavy (non-hydrogen) atoms. The van der Waals surface area contributed by atoms with Crippen molar-refractivity contribution in [1.29, 1.82) is 0 Å². The molecule has 0 radical (unpaired) electrons. The first-order valence-corrected chi connectivity index (χ1v) is 11.0. The van der Waals surface area contributed by atoms with Gasteiger partial charge in [-0.25, -0.2) is 0 Å². The summed E-state index contributed by atoms with van der Waals surface area (Å²) in [6.45, 7) is 9.89. The number of ketones is 1. The normalized spacial score (nSPS) is 18.7. The lowest BCUT2D eigenvalue weighted by Gasteiger charge is -2.28. The van der Waals surface area contributed by atoms with Crippen LogP contribution in [0.3, 0.4) is 0 Å². The number of carbonyl (C=O) groups is 1. The van der Waals surface area contributed by atoms with E-state index < -0.39 is 0 Å². The van der Waals surface area contributed by atoms with Crippen LogP contribution in [0.5, 0.6) is 0 Å². The van der Waals surface area contributed by atoms with Crippen LogP contribution in [0, 0.1) is 12.8 Å². The SMILES string of the molecule is C=CCC(=O)C1CCC(c2cccc(-c3[nH]c4ccccc4c3C)c2)CC1.CC.[HH]. The monoisotopic (exact) mass is 389 g/mol. The van der Waals surface area contributed by atoms with Crippen LogP contribution < -0.4 is 0 Å². The summed E-state index contributed by atoms with van der Waals surface area (Å²) in [5.74, 6) is 1.16. The van der Waals surface area contributed by atoms with Gasteiger partial charge in [0.2, 0.25) is 0 Å². The number of aryl methyl sites for hydroxylation is 1. The first kappa shape index (κ1) is 21.1. The van der Waals surface area contributed by atoms with Crippen molar-refractivity contribution in [2.45, 2.75) is 58.8 Å². The minimum absolute atomic E-state index is 0. The predicted octanol–water partition coefficient (Wildman–Crippen LogP) is 7.83. The molecule has 1 heterocycles. The molecular formula is C27H35NO. The first-order valence-electron chi connectivity index (χ1n) is 11.0. The second-order valence-electron chi connectivity index (χ2n) is 7.80. The first-order chi connectivity index (χ1) is 14.2. The Bertz CT molecular complexity index is 979. The average molecular weight is 390 g/mol. The minimum Gasteiger partial charge on any atom is -0.354 e. The van der Waals surface area contributed by atoms with E-state index in [0.29, 0.717) is 18.1 Å². The van der Waals surface area contributed by atoms with Crippen LogP contribution in [-0.4, -0.2) is 10.8 Å². The number of para-hydroxylation sites is 1. The van der Waals surface area contributed by atoms with Gasteiger partial charge in [-0.2, -0.15) is 0 Å². The molecule has 0 saturated heterocycles. The van der Waals surface area contributed by atoms with Gasteiger partial charge in [0.1, 0.15) is 5.78 Å². The van der Waals surface area contributed by atoms with E-state index in [1.807, 2.05) is 13.8 Å². The summed E-state index contributed by atoms with van der Waals surface area (Å²) in [5.41, 5.74) is 6.37. The zero-order valence-corrected chi connectivity index (χ0v) is 18.0. The van der Waals surface area contributed by atoms with Crippen molar-refractivity contribution in [2.24, 2.45) is 5.92 Å². The minimum atomic E-state index is 0. The lowest BCUT2D eigenvalue weighted by molar-refractivity contribution is -0.123. The molecule has 3 aromatic rings. The number of aromatic amines is 1. The number of carbonyl (C=O) groups excluding carboxylic acids is 1. The lowest BCUT2D eigenvalue weighted by Crippen LogP contribution is -2.20. The summed E-state index contributed by atoms with van der Waals surface area (Å²) in [6, 6.07) is 17.4. The molecule has 0 unspecified atom stereocenters. The average Bonchev–Trinajstić information content (AvgIpc) is 3.12. The Kier molecular flexibility index (Phi) is 7.09. The predicted molar refractivity (Wildman–Crippen MR) is 126 cm³/mol. The molecule has 0 spiro atoms. The van der Waals surface area contributed by atoms with Crippen molar-refractivity contribution < 1.29 is 6.22 Å². The molecule has 2 nitrogen and oxygen atoms in total. The molecule has 154 valence electrons. The maximum Gasteiger partial charge on any atom is 0.139 e. The molecule has 0 bridgehead atoms. The number of hydrogen-bond acceptors (Lipinski definition) is 1. The lowest BCUT2D eigenvalue weighted by atomic mass is 9.76. The summed E-state index contributed by atoms with van der Waals surface area (Å²) < 4.78 is 0. The van der Waals surface area contributed by atoms with Gasteiger partial charge in [-0.15, -0.1) is 6.58 Å². The molecule has 0 aliphatic heterocycles. The third kappa shape index (κ3) is 4.53. The van der Waals surface area contributed by atoms with E-state index in [1.54, 1.807) is 6.08 Å². The fourth-order valence-corrected chi connectivity index (χ4v) is 4.58. The quantitative estimate of drug-likeness (QED) is 0.443. The third-order valence-electron chi connectivity index (χ3n) is 6.14. The van der Waals surface area contributed by atoms with Crippen molar-refractivity contribution in [3.8, 4) is 11.3 Å². The smallest absolute Gasteiger partial charge is 0.139 e. The molecule has 0 amide bonds. The van der Waals surface area contributed by atoms with Gasteiger partial charge in [-0.05, 0) is 67.3 Å². The van der Waals surface area contributed by atoms with E-state index >= 15 is 0 Å². The molecule has 1 aliphatic carbocycles. The summed E-state index contributed by atoms with van der Waals surface area (Å²) >= 11 is 0. The van der Waals surface area contributed by atoms with Crippen molar-refractivity contribution in [2.75, 3.05) is 0 Å². The molecule has 1 N–H and O–H groups in total. The van der Waals surface area contributed by atoms with E-state index in [4.69, 9.17) is 0 Å². The van der Waals surface area contributed by atoms with E-state index in [1.165, 1.54) is 33.3 Å². The molecule has 1 aliphatic rings. The Morgan fingerprint density at radius 3 is 2.52 bits per heavy atom. The number of rotatable bonds is 5. The number of nitrogens with one attached hydrogen (secondary N) is 1. The van der Waals surface area contributed by atoms with Gasteiger partial charge < -0.3 is 4.98 Å². The molecule has 0 atom stereocenters. The number of hydrogen-bond donors (Lipinski definition) is 1. The van der Waals surface area contributed by atoms with Crippen molar-refractivity contribution >= 4 is 16.7 Å². The molecule has 1 saturated carbocycles. The van der Waals surface area contributed by atoms with Gasteiger partial charge >= 0.3 is 0 Å². The van der Waals surface area contributed by atoms with Crippen molar-refractivity contribution in [3.05, 3.63) is 72.3 Å². The summed E-state index contributed by atoms with van der Waals surface area (Å²) in [6.07, 6.45) is 6.47. The highest BCUT2D eigenvalue weighted by Crippen LogP contribution is 2.38. The zero-order chi connectivity index (χ0) is 20.8. The van der Waals surface area contributed by atoms with Crippen LogP contribution in [-0.2, 0) is 4.79 Å². The second-order valence-corrected chi connectivity index (χ2v) is 7.80. The number of aromatic nitrogens is 1. The Morgan fingerprint density at radius 1 is 1.10 bits per heavy atom. The number of allylic oxidation sites excluding steroid dienone is 1.